The molecule has 0 saturated heterocycles. The van der Waals surface area contributed by atoms with Crippen molar-refractivity contribution in [3.8, 4) is 16.9 Å². The average Bonchev–Trinajstić information content (AvgIpc) is 3.33. The number of carbonyl (C=O) groups excluding carboxylic acids is 1. The second kappa shape index (κ2) is 9.44. The van der Waals surface area contributed by atoms with Crippen LogP contribution in [0.5, 0.6) is 5.75 Å². The van der Waals surface area contributed by atoms with Gasteiger partial charge in [0.1, 0.15) is 5.75 Å². The van der Waals surface area contributed by atoms with Gasteiger partial charge in [-0.25, -0.2) is 4.68 Å². The molecular weight excluding hydrogens is 440 g/mol. The number of anilines is 1. The molecule has 0 unspecified atom stereocenters. The van der Waals surface area contributed by atoms with Crippen LogP contribution in [0.2, 0.25) is 0 Å². The minimum atomic E-state index is -2.67. The molecule has 6 nitrogen and oxygen atoms in total. The normalized spacial score (nSPS) is 14.8. The van der Waals surface area contributed by atoms with E-state index in [2.05, 4.69) is 16.5 Å². The van der Waals surface area contributed by atoms with Gasteiger partial charge in [-0.1, -0.05) is 18.2 Å². The smallest absolute Gasteiger partial charge is 0.333 e. The summed E-state index contributed by atoms with van der Waals surface area (Å²) < 4.78 is 38.1. The molecule has 0 bridgehead atoms. The molecule has 34 heavy (non-hydrogen) atoms. The number of ether oxygens (including phenoxy) is 2. The number of halogens is 2. The highest BCUT2D eigenvalue weighted by atomic mass is 19.3. The monoisotopic (exact) mass is 469 g/mol. The Morgan fingerprint density at radius 3 is 2.65 bits per heavy atom. The lowest BCUT2D eigenvalue weighted by Gasteiger charge is -2.17. The van der Waals surface area contributed by atoms with Gasteiger partial charge in [-0.15, -0.1) is 0 Å². The van der Waals surface area contributed by atoms with Crippen molar-refractivity contribution in [3.05, 3.63) is 64.0 Å². The van der Waals surface area contributed by atoms with Gasteiger partial charge in [0, 0.05) is 41.0 Å². The number of methoxy groups -OCH3 is 1. The topological polar surface area (TPSA) is 65.4 Å². The van der Waals surface area contributed by atoms with Gasteiger partial charge in [0.2, 0.25) is 0 Å². The van der Waals surface area contributed by atoms with E-state index in [4.69, 9.17) is 9.47 Å². The maximum absolute atomic E-state index is 13.4. The Morgan fingerprint density at radius 2 is 1.97 bits per heavy atom. The fraction of sp³-hybridized carbons (Fsp3) is 0.385. The first-order chi connectivity index (χ1) is 16.2. The van der Waals surface area contributed by atoms with Crippen molar-refractivity contribution in [2.45, 2.75) is 53.1 Å². The third-order valence-electron chi connectivity index (χ3n) is 6.56. The molecule has 0 aliphatic carbocycles. The molecule has 180 valence electrons. The summed E-state index contributed by atoms with van der Waals surface area (Å²) >= 11 is 0. The van der Waals surface area contributed by atoms with E-state index in [1.807, 2.05) is 38.1 Å². The molecule has 0 spiro atoms. The van der Waals surface area contributed by atoms with Crippen LogP contribution in [0.1, 0.15) is 52.5 Å². The zero-order chi connectivity index (χ0) is 24.6. The van der Waals surface area contributed by atoms with Crippen LogP contribution in [0.25, 0.3) is 11.1 Å². The molecule has 1 aliphatic rings. The minimum Gasteiger partial charge on any atom is -0.493 e. The number of fused-ring (bicyclic) bond motifs is 1. The number of rotatable bonds is 7. The predicted octanol–water partition coefficient (Wildman–Crippen LogP) is 5.83. The summed E-state index contributed by atoms with van der Waals surface area (Å²) in [6.45, 7) is 5.80. The predicted molar refractivity (Wildman–Crippen MR) is 127 cm³/mol. The van der Waals surface area contributed by atoms with Crippen LogP contribution in [0.15, 0.2) is 30.3 Å². The molecule has 1 aliphatic heterocycles. The van der Waals surface area contributed by atoms with Crippen molar-refractivity contribution < 1.29 is 23.0 Å². The Bertz CT molecular complexity index is 1240. The maximum Gasteiger partial charge on any atom is 0.333 e. The number of aryl methyl sites for hydroxylation is 2. The highest BCUT2D eigenvalue weighted by Gasteiger charge is 2.27. The Hall–Kier alpha value is -3.42. The van der Waals surface area contributed by atoms with Crippen LogP contribution in [0, 0.1) is 27.7 Å². The molecular formula is C26H29F2N3O3. The van der Waals surface area contributed by atoms with Crippen LogP contribution >= 0.6 is 0 Å². The SMILES string of the molecule is COC(=O)C[C@@H]1COc2cc(NCc3ccc(C)c(-c4c(C)nn(C(F)F)c4C)c3C)ccc21. The van der Waals surface area contributed by atoms with Crippen molar-refractivity contribution in [2.24, 2.45) is 0 Å². The number of nitrogens with one attached hydrogen (secondary N) is 1. The van der Waals surface area contributed by atoms with Gasteiger partial charge in [-0.2, -0.15) is 13.9 Å². The van der Waals surface area contributed by atoms with Gasteiger partial charge in [0.25, 0.3) is 0 Å². The third kappa shape index (κ3) is 4.36. The van der Waals surface area contributed by atoms with Crippen LogP contribution < -0.4 is 10.1 Å². The first kappa shape index (κ1) is 23.7. The van der Waals surface area contributed by atoms with E-state index in [9.17, 15) is 13.6 Å². The standard InChI is InChI=1S/C26H29F2N3O3/c1-14-6-7-18(15(2)24(14)25-16(3)30-31(17(25)4)26(27)28)12-29-20-8-9-21-19(10-23(32)33-5)13-34-22(21)11-20/h6-9,11,19,26,29H,10,12-13H2,1-5H3/t19-/m1/s1. The molecule has 1 atom stereocenters. The van der Waals surface area contributed by atoms with Gasteiger partial charge in [-0.3, -0.25) is 4.79 Å². The summed E-state index contributed by atoms with van der Waals surface area (Å²) in [7, 11) is 1.39. The number of hydrogen-bond acceptors (Lipinski definition) is 5. The molecule has 0 radical (unpaired) electrons. The number of esters is 1. The van der Waals surface area contributed by atoms with E-state index < -0.39 is 6.55 Å². The molecule has 1 N–H and O–H groups in total. The second-order valence-electron chi connectivity index (χ2n) is 8.70. The van der Waals surface area contributed by atoms with E-state index in [0.29, 0.717) is 31.0 Å². The number of nitrogens with zero attached hydrogens (tertiary/aromatic N) is 2. The lowest BCUT2D eigenvalue weighted by molar-refractivity contribution is -0.141. The molecule has 3 aromatic rings. The Kier molecular flexibility index (Phi) is 6.59. The van der Waals surface area contributed by atoms with E-state index in [-0.39, 0.29) is 11.9 Å². The number of aromatic nitrogens is 2. The van der Waals surface area contributed by atoms with Crippen LogP contribution in [0.3, 0.4) is 0 Å². The highest BCUT2D eigenvalue weighted by molar-refractivity contribution is 5.76. The number of carbonyl (C=O) groups is 1. The first-order valence-corrected chi connectivity index (χ1v) is 11.2. The van der Waals surface area contributed by atoms with Crippen molar-refractivity contribution in [1.82, 2.24) is 9.78 Å². The number of hydrogen-bond donors (Lipinski definition) is 1. The molecule has 0 amide bonds. The molecule has 2 heterocycles. The zero-order valence-corrected chi connectivity index (χ0v) is 20.0. The van der Waals surface area contributed by atoms with Crippen LogP contribution in [-0.4, -0.2) is 29.5 Å². The lowest BCUT2D eigenvalue weighted by Crippen LogP contribution is -2.09. The second-order valence-corrected chi connectivity index (χ2v) is 8.70. The van der Waals surface area contributed by atoms with Gasteiger partial charge < -0.3 is 14.8 Å². The molecule has 4 rings (SSSR count). The Balaban J connectivity index is 1.56. The molecule has 8 heteroatoms. The minimum absolute atomic E-state index is 0.000893. The van der Waals surface area contributed by atoms with E-state index >= 15 is 0 Å². The maximum atomic E-state index is 13.4. The molecule has 1 aromatic heterocycles. The average molecular weight is 470 g/mol. The van der Waals surface area contributed by atoms with E-state index in [1.165, 1.54) is 7.11 Å². The van der Waals surface area contributed by atoms with Crippen LogP contribution in [0.4, 0.5) is 14.5 Å². The van der Waals surface area contributed by atoms with Gasteiger partial charge in [0.15, 0.2) is 0 Å². The summed E-state index contributed by atoms with van der Waals surface area (Å²) in [6, 6.07) is 9.97. The van der Waals surface area contributed by atoms with Crippen molar-refractivity contribution >= 4 is 11.7 Å². The number of benzene rings is 2. The summed E-state index contributed by atoms with van der Waals surface area (Å²) in [4.78, 5) is 11.6. The van der Waals surface area contributed by atoms with Crippen molar-refractivity contribution in [1.29, 1.82) is 0 Å². The van der Waals surface area contributed by atoms with E-state index in [0.717, 1.165) is 49.5 Å². The summed E-state index contributed by atoms with van der Waals surface area (Å²) in [5.74, 6) is 0.517. The van der Waals surface area contributed by atoms with Gasteiger partial charge in [0.05, 0.1) is 25.8 Å². The first-order valence-electron chi connectivity index (χ1n) is 11.2. The molecule has 0 saturated carbocycles. The Labute approximate surface area is 197 Å². The molecule has 2 aromatic carbocycles. The highest BCUT2D eigenvalue weighted by Crippen LogP contribution is 2.39. The summed E-state index contributed by atoms with van der Waals surface area (Å²) in [6.07, 6.45) is 0.294. The van der Waals surface area contributed by atoms with Crippen molar-refractivity contribution in [2.75, 3.05) is 19.0 Å². The van der Waals surface area contributed by atoms with Crippen LogP contribution in [-0.2, 0) is 16.1 Å². The largest absolute Gasteiger partial charge is 0.493 e. The fourth-order valence-corrected chi connectivity index (χ4v) is 4.72. The number of alkyl halides is 2. The van der Waals surface area contributed by atoms with Gasteiger partial charge in [-0.05, 0) is 56.0 Å². The Morgan fingerprint density at radius 1 is 1.21 bits per heavy atom. The molecule has 0 fully saturated rings. The van der Waals surface area contributed by atoms with Crippen molar-refractivity contribution in [3.63, 3.8) is 0 Å². The fourth-order valence-electron chi connectivity index (χ4n) is 4.72. The lowest BCUT2D eigenvalue weighted by atomic mass is 9.91. The summed E-state index contributed by atoms with van der Waals surface area (Å²) in [5, 5.41) is 7.50. The van der Waals surface area contributed by atoms with E-state index in [1.54, 1.807) is 13.8 Å². The quantitative estimate of drug-likeness (QED) is 0.441. The zero-order valence-electron chi connectivity index (χ0n) is 20.0. The van der Waals surface area contributed by atoms with Gasteiger partial charge >= 0.3 is 12.5 Å². The third-order valence-corrected chi connectivity index (χ3v) is 6.56. The summed E-state index contributed by atoms with van der Waals surface area (Å²) in [5.41, 5.74) is 7.78.